The summed E-state index contributed by atoms with van der Waals surface area (Å²) >= 11 is 12.2. The number of nitrogens with zero attached hydrogens (tertiary/aromatic N) is 2. The van der Waals surface area contributed by atoms with Gasteiger partial charge in [-0.3, -0.25) is 4.79 Å². The van der Waals surface area contributed by atoms with Crippen LogP contribution in [0.1, 0.15) is 15.9 Å². The predicted molar refractivity (Wildman–Crippen MR) is 96.0 cm³/mol. The second-order valence-corrected chi connectivity index (χ2v) is 6.74. The summed E-state index contributed by atoms with van der Waals surface area (Å²) in [6.45, 7) is 1.59. The van der Waals surface area contributed by atoms with Crippen molar-refractivity contribution >= 4 is 34.8 Å². The summed E-state index contributed by atoms with van der Waals surface area (Å²) in [7, 11) is 0. The van der Waals surface area contributed by atoms with Crippen molar-refractivity contribution in [1.82, 2.24) is 4.90 Å². The molecule has 3 rings (SSSR count). The molecule has 0 atom stereocenters. The topological polar surface area (TPSA) is 23.6 Å². The minimum Gasteiger partial charge on any atom is -0.368 e. The van der Waals surface area contributed by atoms with E-state index in [4.69, 9.17) is 23.2 Å². The molecule has 0 unspecified atom stereocenters. The molecule has 1 amide bonds. The summed E-state index contributed by atoms with van der Waals surface area (Å²) in [6.07, 6.45) is -4.38. The average molecular weight is 403 g/mol. The lowest BCUT2D eigenvalue weighted by molar-refractivity contribution is -0.137. The molecule has 8 heteroatoms. The zero-order chi connectivity index (χ0) is 18.9. The first-order valence-electron chi connectivity index (χ1n) is 7.93. The molecule has 1 heterocycles. The Labute approximate surface area is 158 Å². The fourth-order valence-corrected chi connectivity index (χ4v) is 3.47. The summed E-state index contributed by atoms with van der Waals surface area (Å²) in [5.74, 6) is -0.274. The molecule has 1 fully saturated rings. The standard InChI is InChI=1S/C18H15Cl2F3N2O/c19-14-5-2-6-15(20)16(14)17(26)25-9-7-24(8-10-25)13-4-1-3-12(11-13)18(21,22)23/h1-6,11H,7-10H2. The highest BCUT2D eigenvalue weighted by atomic mass is 35.5. The molecule has 0 spiro atoms. The molecule has 0 N–H and O–H groups in total. The maximum Gasteiger partial charge on any atom is 0.416 e. The fraction of sp³-hybridized carbons (Fsp3) is 0.278. The Morgan fingerprint density at radius 3 is 2.08 bits per heavy atom. The number of carbonyl (C=O) groups is 1. The SMILES string of the molecule is O=C(c1c(Cl)cccc1Cl)N1CCN(c2cccc(C(F)(F)F)c2)CC1. The summed E-state index contributed by atoms with van der Waals surface area (Å²) in [5, 5.41) is 0.561. The Hall–Kier alpha value is -1.92. The van der Waals surface area contributed by atoms with E-state index >= 15 is 0 Å². The number of hydrogen-bond donors (Lipinski definition) is 0. The van der Waals surface area contributed by atoms with Crippen LogP contribution in [0.3, 0.4) is 0 Å². The van der Waals surface area contributed by atoms with Crippen LogP contribution in [0.4, 0.5) is 18.9 Å². The molecule has 26 heavy (non-hydrogen) atoms. The van der Waals surface area contributed by atoms with Gasteiger partial charge in [-0.1, -0.05) is 35.3 Å². The van der Waals surface area contributed by atoms with Gasteiger partial charge >= 0.3 is 6.18 Å². The summed E-state index contributed by atoms with van der Waals surface area (Å²) in [4.78, 5) is 16.1. The van der Waals surface area contributed by atoms with Gasteiger partial charge in [0.2, 0.25) is 0 Å². The lowest BCUT2D eigenvalue weighted by Crippen LogP contribution is -2.49. The highest BCUT2D eigenvalue weighted by Crippen LogP contribution is 2.32. The normalized spacial score (nSPS) is 15.3. The van der Waals surface area contributed by atoms with Crippen LogP contribution in [-0.2, 0) is 6.18 Å². The minimum absolute atomic E-state index is 0.253. The van der Waals surface area contributed by atoms with Gasteiger partial charge in [-0.05, 0) is 30.3 Å². The van der Waals surface area contributed by atoms with Gasteiger partial charge < -0.3 is 9.80 Å². The largest absolute Gasteiger partial charge is 0.416 e. The van der Waals surface area contributed by atoms with Crippen molar-refractivity contribution in [2.45, 2.75) is 6.18 Å². The molecule has 1 saturated heterocycles. The minimum atomic E-state index is -4.38. The van der Waals surface area contributed by atoms with Crippen molar-refractivity contribution in [1.29, 1.82) is 0 Å². The zero-order valence-corrected chi connectivity index (χ0v) is 15.1. The first-order chi connectivity index (χ1) is 12.3. The maximum absolute atomic E-state index is 12.9. The highest BCUT2D eigenvalue weighted by molar-refractivity contribution is 6.39. The molecule has 0 bridgehead atoms. The van der Waals surface area contributed by atoms with Gasteiger partial charge in [0.05, 0.1) is 21.2 Å². The van der Waals surface area contributed by atoms with Gasteiger partial charge in [0.15, 0.2) is 0 Å². The Balaban J connectivity index is 1.71. The van der Waals surface area contributed by atoms with Crippen molar-refractivity contribution in [3.63, 3.8) is 0 Å². The van der Waals surface area contributed by atoms with E-state index in [9.17, 15) is 18.0 Å². The van der Waals surface area contributed by atoms with Crippen LogP contribution < -0.4 is 4.90 Å². The molecule has 0 aromatic heterocycles. The van der Waals surface area contributed by atoms with Crippen LogP contribution in [0.25, 0.3) is 0 Å². The van der Waals surface area contributed by atoms with E-state index in [1.165, 1.54) is 6.07 Å². The van der Waals surface area contributed by atoms with Gasteiger partial charge in [-0.25, -0.2) is 0 Å². The van der Waals surface area contributed by atoms with Crippen LogP contribution in [0.2, 0.25) is 10.0 Å². The van der Waals surface area contributed by atoms with E-state index < -0.39 is 11.7 Å². The molecule has 0 aliphatic carbocycles. The number of hydrogen-bond acceptors (Lipinski definition) is 2. The van der Waals surface area contributed by atoms with Crippen LogP contribution in [0.15, 0.2) is 42.5 Å². The second kappa shape index (κ2) is 7.37. The number of halogens is 5. The number of anilines is 1. The van der Waals surface area contributed by atoms with E-state index in [2.05, 4.69) is 0 Å². The van der Waals surface area contributed by atoms with E-state index in [-0.39, 0.29) is 21.5 Å². The third kappa shape index (κ3) is 3.91. The molecule has 3 nitrogen and oxygen atoms in total. The van der Waals surface area contributed by atoms with E-state index in [0.29, 0.717) is 31.9 Å². The number of carbonyl (C=O) groups excluding carboxylic acids is 1. The molecule has 2 aromatic rings. The van der Waals surface area contributed by atoms with Crippen molar-refractivity contribution in [3.8, 4) is 0 Å². The van der Waals surface area contributed by atoms with Crippen molar-refractivity contribution in [2.75, 3.05) is 31.1 Å². The first kappa shape index (κ1) is 18.9. The van der Waals surface area contributed by atoms with Crippen LogP contribution >= 0.6 is 23.2 Å². The number of piperazine rings is 1. The zero-order valence-electron chi connectivity index (χ0n) is 13.6. The van der Waals surface area contributed by atoms with E-state index in [1.54, 1.807) is 29.2 Å². The second-order valence-electron chi connectivity index (χ2n) is 5.92. The lowest BCUT2D eigenvalue weighted by Gasteiger charge is -2.36. The Morgan fingerprint density at radius 2 is 1.50 bits per heavy atom. The van der Waals surface area contributed by atoms with Gasteiger partial charge in [-0.2, -0.15) is 13.2 Å². The number of benzene rings is 2. The van der Waals surface area contributed by atoms with Crippen LogP contribution in [-0.4, -0.2) is 37.0 Å². The fourth-order valence-electron chi connectivity index (χ4n) is 2.91. The van der Waals surface area contributed by atoms with E-state index in [1.807, 2.05) is 4.90 Å². The summed E-state index contributed by atoms with van der Waals surface area (Å²) in [5.41, 5.74) is 0.0578. The third-order valence-corrected chi connectivity index (χ3v) is 4.91. The highest BCUT2D eigenvalue weighted by Gasteiger charge is 2.31. The van der Waals surface area contributed by atoms with Gasteiger partial charge in [0.1, 0.15) is 0 Å². The first-order valence-corrected chi connectivity index (χ1v) is 8.68. The Morgan fingerprint density at radius 1 is 0.923 bits per heavy atom. The molecule has 138 valence electrons. The molecular weight excluding hydrogens is 388 g/mol. The molecule has 1 aliphatic heterocycles. The third-order valence-electron chi connectivity index (χ3n) is 4.28. The molecule has 0 radical (unpaired) electrons. The van der Waals surface area contributed by atoms with Gasteiger partial charge in [-0.15, -0.1) is 0 Å². The number of alkyl halides is 3. The predicted octanol–water partition coefficient (Wildman–Crippen LogP) is 4.97. The lowest BCUT2D eigenvalue weighted by atomic mass is 10.1. The van der Waals surface area contributed by atoms with Gasteiger partial charge in [0.25, 0.3) is 5.91 Å². The summed E-state index contributed by atoms with van der Waals surface area (Å²) in [6, 6.07) is 10.0. The molecule has 1 aliphatic rings. The Kier molecular flexibility index (Phi) is 5.34. The smallest absolute Gasteiger partial charge is 0.368 e. The van der Waals surface area contributed by atoms with Crippen LogP contribution in [0, 0.1) is 0 Å². The maximum atomic E-state index is 12.9. The monoisotopic (exact) mass is 402 g/mol. The van der Waals surface area contributed by atoms with Crippen molar-refractivity contribution in [3.05, 3.63) is 63.6 Å². The quantitative estimate of drug-likeness (QED) is 0.707. The van der Waals surface area contributed by atoms with Crippen LogP contribution in [0.5, 0.6) is 0 Å². The summed E-state index contributed by atoms with van der Waals surface area (Å²) < 4.78 is 38.6. The molecule has 0 saturated carbocycles. The van der Waals surface area contributed by atoms with Gasteiger partial charge in [0, 0.05) is 31.9 Å². The van der Waals surface area contributed by atoms with Crippen molar-refractivity contribution in [2.24, 2.45) is 0 Å². The van der Waals surface area contributed by atoms with Crippen molar-refractivity contribution < 1.29 is 18.0 Å². The molecular formula is C18H15Cl2F3N2O. The Bertz CT molecular complexity index is 798. The van der Waals surface area contributed by atoms with E-state index in [0.717, 1.165) is 12.1 Å². The average Bonchev–Trinajstić information content (AvgIpc) is 2.61. The number of amides is 1. The number of rotatable bonds is 2. The molecule has 2 aromatic carbocycles.